The molecular weight excluding hydrogens is 222 g/mol. The van der Waals surface area contributed by atoms with Gasteiger partial charge in [-0.15, -0.1) is 0 Å². The number of aryl methyl sites for hydroxylation is 1. The van der Waals surface area contributed by atoms with Gasteiger partial charge in [0.15, 0.2) is 0 Å². The highest BCUT2D eigenvalue weighted by molar-refractivity contribution is 5.46. The lowest BCUT2D eigenvalue weighted by molar-refractivity contribution is -0.0975. The molecule has 0 amide bonds. The second-order valence-electron chi connectivity index (χ2n) is 5.75. The molecule has 2 heteroatoms. The predicted molar refractivity (Wildman–Crippen MR) is 77.0 cm³/mol. The minimum atomic E-state index is 0.222. The van der Waals surface area contributed by atoms with Crippen molar-refractivity contribution < 1.29 is 4.74 Å². The summed E-state index contributed by atoms with van der Waals surface area (Å²) in [5.74, 6) is 0. The lowest BCUT2D eigenvalue weighted by Crippen LogP contribution is -2.58. The van der Waals surface area contributed by atoms with Gasteiger partial charge in [-0.05, 0) is 37.5 Å². The molecule has 0 spiro atoms. The summed E-state index contributed by atoms with van der Waals surface area (Å²) in [5.41, 5.74) is 2.83. The second-order valence-corrected chi connectivity index (χ2v) is 5.75. The molecule has 1 N–H and O–H groups in total. The number of nitrogens with one attached hydrogen (secondary N) is 1. The maximum atomic E-state index is 5.76. The maximum absolute atomic E-state index is 5.76. The zero-order valence-corrected chi connectivity index (χ0v) is 12.0. The molecule has 0 heterocycles. The lowest BCUT2D eigenvalue weighted by Gasteiger charge is -2.52. The summed E-state index contributed by atoms with van der Waals surface area (Å²) >= 11 is 0. The first kappa shape index (κ1) is 13.4. The summed E-state index contributed by atoms with van der Waals surface area (Å²) in [6.45, 7) is 9.64. The number of benzene rings is 1. The molecule has 0 aliphatic heterocycles. The van der Waals surface area contributed by atoms with E-state index in [-0.39, 0.29) is 5.41 Å². The van der Waals surface area contributed by atoms with Gasteiger partial charge in [0.25, 0.3) is 0 Å². The van der Waals surface area contributed by atoms with Crippen LogP contribution in [0.25, 0.3) is 0 Å². The van der Waals surface area contributed by atoms with Gasteiger partial charge in [0, 0.05) is 23.8 Å². The van der Waals surface area contributed by atoms with Gasteiger partial charge < -0.3 is 10.1 Å². The third-order valence-electron chi connectivity index (χ3n) is 4.25. The Kier molecular flexibility index (Phi) is 3.96. The average Bonchev–Trinajstić information content (AvgIpc) is 2.38. The van der Waals surface area contributed by atoms with Crippen LogP contribution in [0.3, 0.4) is 0 Å². The Morgan fingerprint density at radius 1 is 1.22 bits per heavy atom. The highest BCUT2D eigenvalue weighted by Gasteiger charge is 2.48. The van der Waals surface area contributed by atoms with E-state index >= 15 is 0 Å². The zero-order chi connectivity index (χ0) is 13.2. The summed E-state index contributed by atoms with van der Waals surface area (Å²) in [7, 11) is 0. The van der Waals surface area contributed by atoms with E-state index in [0.29, 0.717) is 12.1 Å². The van der Waals surface area contributed by atoms with Crippen LogP contribution >= 0.6 is 0 Å². The first-order valence-electron chi connectivity index (χ1n) is 7.05. The number of anilines is 1. The quantitative estimate of drug-likeness (QED) is 0.853. The van der Waals surface area contributed by atoms with Crippen molar-refractivity contribution in [3.05, 3.63) is 29.8 Å². The monoisotopic (exact) mass is 247 g/mol. The molecule has 1 aromatic rings. The summed E-state index contributed by atoms with van der Waals surface area (Å²) in [5, 5.41) is 3.63. The number of ether oxygens (including phenoxy) is 1. The van der Waals surface area contributed by atoms with E-state index < -0.39 is 0 Å². The van der Waals surface area contributed by atoms with Crippen molar-refractivity contribution in [3.8, 4) is 0 Å². The van der Waals surface area contributed by atoms with Crippen molar-refractivity contribution in [2.75, 3.05) is 11.9 Å². The summed E-state index contributed by atoms with van der Waals surface area (Å²) in [6.07, 6.45) is 2.60. The summed E-state index contributed by atoms with van der Waals surface area (Å²) < 4.78 is 5.76. The molecule has 2 rings (SSSR count). The fourth-order valence-corrected chi connectivity index (χ4v) is 2.65. The van der Waals surface area contributed by atoms with Gasteiger partial charge in [-0.2, -0.15) is 0 Å². The molecule has 18 heavy (non-hydrogen) atoms. The molecule has 2 unspecified atom stereocenters. The molecular formula is C16H25NO. The van der Waals surface area contributed by atoms with Crippen molar-refractivity contribution in [3.63, 3.8) is 0 Å². The third-order valence-corrected chi connectivity index (χ3v) is 4.25. The molecule has 1 aliphatic carbocycles. The fourth-order valence-electron chi connectivity index (χ4n) is 2.65. The molecule has 100 valence electrons. The molecule has 0 bridgehead atoms. The minimum absolute atomic E-state index is 0.222. The zero-order valence-electron chi connectivity index (χ0n) is 12.0. The normalized spacial score (nSPS) is 25.6. The van der Waals surface area contributed by atoms with Crippen LogP contribution in [0.2, 0.25) is 0 Å². The van der Waals surface area contributed by atoms with Crippen LogP contribution in [-0.4, -0.2) is 18.8 Å². The Morgan fingerprint density at radius 2 is 1.89 bits per heavy atom. The molecule has 1 aromatic carbocycles. The van der Waals surface area contributed by atoms with E-state index in [0.717, 1.165) is 19.4 Å². The number of rotatable bonds is 5. The molecule has 0 radical (unpaired) electrons. The van der Waals surface area contributed by atoms with Gasteiger partial charge in [-0.3, -0.25) is 0 Å². The van der Waals surface area contributed by atoms with Crippen molar-refractivity contribution in [2.45, 2.75) is 52.7 Å². The lowest BCUT2D eigenvalue weighted by atomic mass is 9.64. The molecule has 1 fully saturated rings. The van der Waals surface area contributed by atoms with E-state index in [1.807, 2.05) is 0 Å². The average molecular weight is 247 g/mol. The molecule has 0 aromatic heterocycles. The third kappa shape index (κ3) is 2.54. The Bertz CT molecular complexity index is 383. The van der Waals surface area contributed by atoms with Gasteiger partial charge in [0.2, 0.25) is 0 Å². The van der Waals surface area contributed by atoms with Crippen LogP contribution in [0.15, 0.2) is 24.3 Å². The Labute approximate surface area is 111 Å². The molecule has 2 atom stereocenters. The van der Waals surface area contributed by atoms with E-state index in [4.69, 9.17) is 4.74 Å². The maximum Gasteiger partial charge on any atom is 0.0665 e. The van der Waals surface area contributed by atoms with E-state index in [1.165, 1.54) is 11.3 Å². The molecule has 1 saturated carbocycles. The minimum Gasteiger partial charge on any atom is -0.382 e. The topological polar surface area (TPSA) is 21.3 Å². The van der Waals surface area contributed by atoms with Crippen LogP contribution in [0.1, 0.15) is 39.7 Å². The first-order chi connectivity index (χ1) is 8.57. The largest absolute Gasteiger partial charge is 0.382 e. The van der Waals surface area contributed by atoms with Crippen molar-refractivity contribution >= 4 is 5.69 Å². The highest BCUT2D eigenvalue weighted by atomic mass is 16.5. The van der Waals surface area contributed by atoms with Crippen LogP contribution in [-0.2, 0) is 11.2 Å². The van der Waals surface area contributed by atoms with Crippen molar-refractivity contribution in [1.29, 1.82) is 0 Å². The van der Waals surface area contributed by atoms with Crippen LogP contribution in [0.4, 0.5) is 5.69 Å². The molecule has 0 saturated heterocycles. The van der Waals surface area contributed by atoms with E-state index in [2.05, 4.69) is 57.3 Å². The van der Waals surface area contributed by atoms with Crippen LogP contribution in [0, 0.1) is 5.41 Å². The van der Waals surface area contributed by atoms with Crippen molar-refractivity contribution in [1.82, 2.24) is 0 Å². The van der Waals surface area contributed by atoms with Gasteiger partial charge in [-0.25, -0.2) is 0 Å². The standard InChI is InChI=1S/C16H25NO/c1-5-12-7-9-13(10-8-12)17-14-11-15(18-6-2)16(14,3)4/h7-10,14-15,17H,5-6,11H2,1-4H3. The SMILES string of the molecule is CCOC1CC(Nc2ccc(CC)cc2)C1(C)C. The predicted octanol–water partition coefficient (Wildman–Crippen LogP) is 3.86. The number of hydrogen-bond donors (Lipinski definition) is 1. The van der Waals surface area contributed by atoms with Gasteiger partial charge in [0.05, 0.1) is 6.10 Å². The smallest absolute Gasteiger partial charge is 0.0665 e. The van der Waals surface area contributed by atoms with Gasteiger partial charge in [-0.1, -0.05) is 32.9 Å². The van der Waals surface area contributed by atoms with Crippen LogP contribution < -0.4 is 5.32 Å². The van der Waals surface area contributed by atoms with E-state index in [1.54, 1.807) is 0 Å². The van der Waals surface area contributed by atoms with E-state index in [9.17, 15) is 0 Å². The molecule has 1 aliphatic rings. The number of hydrogen-bond acceptors (Lipinski definition) is 2. The Hall–Kier alpha value is -1.02. The van der Waals surface area contributed by atoms with Gasteiger partial charge in [0.1, 0.15) is 0 Å². The summed E-state index contributed by atoms with van der Waals surface area (Å²) in [4.78, 5) is 0. The first-order valence-corrected chi connectivity index (χ1v) is 7.05. The van der Waals surface area contributed by atoms with Crippen LogP contribution in [0.5, 0.6) is 0 Å². The summed E-state index contributed by atoms with van der Waals surface area (Å²) in [6, 6.07) is 9.29. The molecule has 2 nitrogen and oxygen atoms in total. The fraction of sp³-hybridized carbons (Fsp3) is 0.625. The van der Waals surface area contributed by atoms with Crippen molar-refractivity contribution in [2.24, 2.45) is 5.41 Å². The second kappa shape index (κ2) is 5.31. The highest BCUT2D eigenvalue weighted by Crippen LogP contribution is 2.44. The Balaban J connectivity index is 1.94. The van der Waals surface area contributed by atoms with Gasteiger partial charge >= 0.3 is 0 Å². The Morgan fingerprint density at radius 3 is 2.39 bits per heavy atom.